The van der Waals surface area contributed by atoms with Gasteiger partial charge in [-0.1, -0.05) is 11.6 Å². The van der Waals surface area contributed by atoms with Gasteiger partial charge >= 0.3 is 0 Å². The van der Waals surface area contributed by atoms with Crippen molar-refractivity contribution in [2.24, 2.45) is 0 Å². The van der Waals surface area contributed by atoms with Gasteiger partial charge in [0.25, 0.3) is 0 Å². The molecule has 0 radical (unpaired) electrons. The van der Waals surface area contributed by atoms with Crippen molar-refractivity contribution in [3.63, 3.8) is 0 Å². The summed E-state index contributed by atoms with van der Waals surface area (Å²) >= 11 is 5.96. The molecule has 0 aliphatic carbocycles. The molecule has 1 saturated heterocycles. The van der Waals surface area contributed by atoms with Gasteiger partial charge in [-0.3, -0.25) is 24.6 Å². The second kappa shape index (κ2) is 6.11. The third kappa shape index (κ3) is 3.71. The van der Waals surface area contributed by atoms with Crippen LogP contribution < -0.4 is 16.4 Å². The predicted octanol–water partition coefficient (Wildman–Crippen LogP) is 0.208. The number of halogens is 1. The van der Waals surface area contributed by atoms with Gasteiger partial charge in [-0.05, 0) is 25.1 Å². The Morgan fingerprint density at radius 2 is 2.24 bits per heavy atom. The molecule has 1 aliphatic rings. The summed E-state index contributed by atoms with van der Waals surface area (Å²) in [7, 11) is 0. The minimum absolute atomic E-state index is 0.00417. The lowest BCUT2D eigenvalue weighted by molar-refractivity contribution is -0.140. The fourth-order valence-electron chi connectivity index (χ4n) is 1.97. The Bertz CT molecular complexity index is 605. The van der Waals surface area contributed by atoms with E-state index in [1.165, 1.54) is 11.0 Å². The number of hydrogen-bond acceptors (Lipinski definition) is 5. The molecule has 7 nitrogen and oxygen atoms in total. The first kappa shape index (κ1) is 15.3. The molecule has 1 unspecified atom stereocenters. The van der Waals surface area contributed by atoms with Crippen molar-refractivity contribution in [2.75, 3.05) is 24.1 Å². The van der Waals surface area contributed by atoms with Crippen molar-refractivity contribution in [3.05, 3.63) is 23.2 Å². The molecule has 3 amide bonds. The van der Waals surface area contributed by atoms with Crippen molar-refractivity contribution < 1.29 is 14.4 Å². The van der Waals surface area contributed by atoms with Crippen LogP contribution in [0.25, 0.3) is 0 Å². The van der Waals surface area contributed by atoms with Crippen LogP contribution in [0.5, 0.6) is 0 Å². The zero-order valence-electron chi connectivity index (χ0n) is 11.4. The van der Waals surface area contributed by atoms with Crippen LogP contribution in [0.15, 0.2) is 18.2 Å². The van der Waals surface area contributed by atoms with E-state index >= 15 is 0 Å². The SMILES string of the molecule is CC1C(=O)NC(=O)CN1CC(=O)Nc1ccc(N)cc1Cl. The molecule has 21 heavy (non-hydrogen) atoms. The van der Waals surface area contributed by atoms with Gasteiger partial charge in [-0.25, -0.2) is 0 Å². The van der Waals surface area contributed by atoms with Crippen LogP contribution in [0.4, 0.5) is 11.4 Å². The maximum atomic E-state index is 12.0. The molecule has 1 fully saturated rings. The van der Waals surface area contributed by atoms with Crippen LogP contribution in [0.2, 0.25) is 5.02 Å². The number of imide groups is 1. The number of carbonyl (C=O) groups is 3. The maximum absolute atomic E-state index is 12.0. The Balaban J connectivity index is 2.01. The average Bonchev–Trinajstić information content (AvgIpc) is 2.38. The fraction of sp³-hybridized carbons (Fsp3) is 0.308. The topological polar surface area (TPSA) is 105 Å². The highest BCUT2D eigenvalue weighted by molar-refractivity contribution is 6.34. The first-order valence-electron chi connectivity index (χ1n) is 6.29. The fourth-order valence-corrected chi connectivity index (χ4v) is 2.20. The third-order valence-electron chi connectivity index (χ3n) is 3.15. The van der Waals surface area contributed by atoms with Crippen LogP contribution in [-0.4, -0.2) is 41.8 Å². The Kier molecular flexibility index (Phi) is 4.44. The largest absolute Gasteiger partial charge is 0.399 e. The average molecular weight is 311 g/mol. The zero-order chi connectivity index (χ0) is 15.6. The zero-order valence-corrected chi connectivity index (χ0v) is 12.1. The predicted molar refractivity (Wildman–Crippen MR) is 78.7 cm³/mol. The second-order valence-electron chi connectivity index (χ2n) is 4.78. The molecule has 1 atom stereocenters. The number of piperazine rings is 1. The van der Waals surface area contributed by atoms with E-state index in [0.717, 1.165) is 0 Å². The van der Waals surface area contributed by atoms with Crippen LogP contribution in [0.1, 0.15) is 6.92 Å². The van der Waals surface area contributed by atoms with Crippen molar-refractivity contribution in [1.29, 1.82) is 0 Å². The van der Waals surface area contributed by atoms with E-state index in [1.807, 2.05) is 0 Å². The van der Waals surface area contributed by atoms with Crippen molar-refractivity contribution in [3.8, 4) is 0 Å². The van der Waals surface area contributed by atoms with Crippen LogP contribution in [-0.2, 0) is 14.4 Å². The number of anilines is 2. The first-order valence-corrected chi connectivity index (χ1v) is 6.67. The molecule has 0 saturated carbocycles. The molecule has 1 aromatic rings. The van der Waals surface area contributed by atoms with E-state index in [0.29, 0.717) is 16.4 Å². The number of nitrogens with one attached hydrogen (secondary N) is 2. The number of nitrogens with zero attached hydrogens (tertiary/aromatic N) is 1. The van der Waals surface area contributed by atoms with Crippen LogP contribution >= 0.6 is 11.6 Å². The highest BCUT2D eigenvalue weighted by Gasteiger charge is 2.31. The Morgan fingerprint density at radius 1 is 1.52 bits per heavy atom. The van der Waals surface area contributed by atoms with Gasteiger partial charge in [0, 0.05) is 5.69 Å². The Labute approximate surface area is 126 Å². The standard InChI is InChI=1S/C13H15ClN4O3/c1-7-13(21)17-12(20)6-18(7)5-11(19)16-10-3-2-8(15)4-9(10)14/h2-4,7H,5-6,15H2,1H3,(H,16,19)(H,17,20,21). The van der Waals surface area contributed by atoms with Gasteiger partial charge in [0.15, 0.2) is 0 Å². The van der Waals surface area contributed by atoms with E-state index in [2.05, 4.69) is 10.6 Å². The van der Waals surface area contributed by atoms with Crippen LogP contribution in [0.3, 0.4) is 0 Å². The summed E-state index contributed by atoms with van der Waals surface area (Å²) in [5.74, 6) is -1.20. The number of rotatable bonds is 3. The molecular formula is C13H15ClN4O3. The molecule has 1 heterocycles. The number of hydrogen-bond donors (Lipinski definition) is 3. The van der Waals surface area contributed by atoms with Gasteiger partial charge in [0.05, 0.1) is 29.8 Å². The summed E-state index contributed by atoms with van der Waals surface area (Å²) in [6, 6.07) is 4.18. The summed E-state index contributed by atoms with van der Waals surface area (Å²) in [6.07, 6.45) is 0. The summed E-state index contributed by atoms with van der Waals surface area (Å²) in [4.78, 5) is 36.3. The molecule has 4 N–H and O–H groups in total. The molecule has 2 rings (SSSR count). The number of benzene rings is 1. The number of amides is 3. The monoisotopic (exact) mass is 310 g/mol. The lowest BCUT2D eigenvalue weighted by Gasteiger charge is -2.30. The minimum atomic E-state index is -0.546. The van der Waals surface area contributed by atoms with Gasteiger partial charge in [0.2, 0.25) is 17.7 Å². The third-order valence-corrected chi connectivity index (χ3v) is 3.46. The van der Waals surface area contributed by atoms with E-state index in [4.69, 9.17) is 17.3 Å². The Hall–Kier alpha value is -2.12. The second-order valence-corrected chi connectivity index (χ2v) is 5.19. The number of nitrogen functional groups attached to an aromatic ring is 1. The Morgan fingerprint density at radius 3 is 2.90 bits per heavy atom. The highest BCUT2D eigenvalue weighted by Crippen LogP contribution is 2.24. The van der Waals surface area contributed by atoms with E-state index in [-0.39, 0.29) is 19.0 Å². The number of carbonyl (C=O) groups excluding carboxylic acids is 3. The van der Waals surface area contributed by atoms with Crippen molar-refractivity contribution in [1.82, 2.24) is 10.2 Å². The molecule has 112 valence electrons. The highest BCUT2D eigenvalue weighted by atomic mass is 35.5. The van der Waals surface area contributed by atoms with E-state index in [1.54, 1.807) is 19.1 Å². The maximum Gasteiger partial charge on any atom is 0.243 e. The lowest BCUT2D eigenvalue weighted by atomic mass is 10.2. The smallest absolute Gasteiger partial charge is 0.243 e. The molecule has 1 aromatic carbocycles. The summed E-state index contributed by atoms with van der Waals surface area (Å²) in [5.41, 5.74) is 6.49. The molecule has 0 bridgehead atoms. The van der Waals surface area contributed by atoms with Gasteiger partial charge in [-0.15, -0.1) is 0 Å². The van der Waals surface area contributed by atoms with Gasteiger partial charge in [-0.2, -0.15) is 0 Å². The van der Waals surface area contributed by atoms with Crippen molar-refractivity contribution in [2.45, 2.75) is 13.0 Å². The van der Waals surface area contributed by atoms with Crippen molar-refractivity contribution >= 4 is 40.7 Å². The van der Waals surface area contributed by atoms with Gasteiger partial charge in [0.1, 0.15) is 0 Å². The van der Waals surface area contributed by atoms with E-state index in [9.17, 15) is 14.4 Å². The summed E-state index contributed by atoms with van der Waals surface area (Å²) < 4.78 is 0. The summed E-state index contributed by atoms with van der Waals surface area (Å²) in [5, 5.41) is 5.16. The molecule has 8 heteroatoms. The molecule has 0 aromatic heterocycles. The lowest BCUT2D eigenvalue weighted by Crippen LogP contribution is -2.58. The first-order chi connectivity index (χ1) is 9.86. The van der Waals surface area contributed by atoms with Gasteiger partial charge < -0.3 is 11.1 Å². The molecule has 0 spiro atoms. The van der Waals surface area contributed by atoms with E-state index < -0.39 is 17.9 Å². The summed E-state index contributed by atoms with van der Waals surface area (Å²) in [6.45, 7) is 1.54. The normalized spacial score (nSPS) is 19.2. The minimum Gasteiger partial charge on any atom is -0.399 e. The molecule has 1 aliphatic heterocycles. The quantitative estimate of drug-likeness (QED) is 0.547. The molecular weight excluding hydrogens is 296 g/mol. The number of nitrogens with two attached hydrogens (primary N) is 1. The van der Waals surface area contributed by atoms with Crippen LogP contribution in [0, 0.1) is 0 Å².